The highest BCUT2D eigenvalue weighted by Gasteiger charge is 2.37. The molecule has 2 aromatic heterocycles. The van der Waals surface area contributed by atoms with Crippen molar-refractivity contribution < 1.29 is 23.4 Å². The first kappa shape index (κ1) is 26.8. The van der Waals surface area contributed by atoms with Crippen LogP contribution in [0.3, 0.4) is 0 Å². The summed E-state index contributed by atoms with van der Waals surface area (Å²) >= 11 is 3.58. The van der Waals surface area contributed by atoms with Crippen molar-refractivity contribution in [1.29, 1.82) is 0 Å². The van der Waals surface area contributed by atoms with Crippen LogP contribution in [0, 0.1) is 5.41 Å². The first-order valence-electron chi connectivity index (χ1n) is 12.2. The highest BCUT2D eigenvalue weighted by molar-refractivity contribution is 8.01. The molecule has 3 aromatic rings. The number of hydrogen-bond donors (Lipinski definition) is 1. The number of carboxylic acids is 1. The molecule has 1 fully saturated rings. The van der Waals surface area contributed by atoms with Crippen LogP contribution >= 0.6 is 23.1 Å². The molecule has 1 aliphatic rings. The number of rotatable bonds is 12. The number of piperidine rings is 1. The predicted octanol–water partition coefficient (Wildman–Crippen LogP) is 6.91. The van der Waals surface area contributed by atoms with Gasteiger partial charge in [0, 0.05) is 35.0 Å². The molecule has 5 nitrogen and oxygen atoms in total. The first-order valence-corrected chi connectivity index (χ1v) is 14.1. The number of hydrogen-bond acceptors (Lipinski definition) is 6. The Morgan fingerprint density at radius 3 is 2.81 bits per heavy atom. The highest BCUT2D eigenvalue weighted by Crippen LogP contribution is 2.43. The van der Waals surface area contributed by atoms with Crippen molar-refractivity contribution in [2.75, 3.05) is 32.5 Å². The van der Waals surface area contributed by atoms with Gasteiger partial charge in [-0.2, -0.15) is 0 Å². The van der Waals surface area contributed by atoms with E-state index >= 15 is 4.39 Å². The van der Waals surface area contributed by atoms with Crippen molar-refractivity contribution in [2.45, 2.75) is 49.2 Å². The van der Waals surface area contributed by atoms with Gasteiger partial charge in [-0.1, -0.05) is 6.07 Å². The molecule has 4 rings (SSSR count). The number of fused-ring (bicyclic) bond motifs is 1. The zero-order chi connectivity index (χ0) is 25.5. The lowest BCUT2D eigenvalue weighted by atomic mass is 9.71. The lowest BCUT2D eigenvalue weighted by Gasteiger charge is -2.41. The molecular formula is C27H32F2N2O3S2. The van der Waals surface area contributed by atoms with E-state index < -0.39 is 24.2 Å². The van der Waals surface area contributed by atoms with Crippen LogP contribution in [-0.2, 0) is 11.5 Å². The maximum absolute atomic E-state index is 15.8. The maximum atomic E-state index is 15.8. The second-order valence-electron chi connectivity index (χ2n) is 9.41. The van der Waals surface area contributed by atoms with E-state index in [1.165, 1.54) is 17.5 Å². The summed E-state index contributed by atoms with van der Waals surface area (Å²) in [5.41, 5.74) is 0.660. The fourth-order valence-electron chi connectivity index (χ4n) is 5.12. The number of thioether (sulfide) groups is 1. The van der Waals surface area contributed by atoms with Gasteiger partial charge in [-0.3, -0.25) is 9.78 Å². The number of aliphatic carboxylic acids is 1. The molecule has 36 heavy (non-hydrogen) atoms. The summed E-state index contributed by atoms with van der Waals surface area (Å²) in [6.07, 6.45) is 2.03. The van der Waals surface area contributed by atoms with Gasteiger partial charge in [-0.25, -0.2) is 8.78 Å². The summed E-state index contributed by atoms with van der Waals surface area (Å²) in [5, 5.41) is 12.2. The van der Waals surface area contributed by atoms with Crippen molar-refractivity contribution in [1.82, 2.24) is 9.88 Å². The van der Waals surface area contributed by atoms with Crippen LogP contribution < -0.4 is 4.74 Å². The van der Waals surface area contributed by atoms with Crippen LogP contribution in [0.15, 0.2) is 46.1 Å². The van der Waals surface area contributed by atoms with Gasteiger partial charge in [0.1, 0.15) is 18.6 Å². The van der Waals surface area contributed by atoms with E-state index in [4.69, 9.17) is 4.74 Å². The van der Waals surface area contributed by atoms with E-state index in [0.717, 1.165) is 38.2 Å². The van der Waals surface area contributed by atoms with Crippen molar-refractivity contribution >= 4 is 40.0 Å². The summed E-state index contributed by atoms with van der Waals surface area (Å²) in [5.74, 6) is 0.695. The molecule has 1 atom stereocenters. The van der Waals surface area contributed by atoms with Gasteiger partial charge in [0.15, 0.2) is 0 Å². The summed E-state index contributed by atoms with van der Waals surface area (Å²) in [6.45, 7) is 1.75. The van der Waals surface area contributed by atoms with Crippen LogP contribution in [0.2, 0.25) is 0 Å². The third-order valence-corrected chi connectivity index (χ3v) is 9.29. The largest absolute Gasteiger partial charge is 0.497 e. The van der Waals surface area contributed by atoms with Crippen LogP contribution in [-0.4, -0.2) is 53.5 Å². The number of carboxylic acid groups (broad SMARTS) is 1. The molecule has 0 saturated carbocycles. The van der Waals surface area contributed by atoms with Crippen molar-refractivity contribution in [2.24, 2.45) is 5.41 Å². The number of halogens is 2. The fourth-order valence-corrected chi connectivity index (χ4v) is 6.98. The van der Waals surface area contributed by atoms with Gasteiger partial charge < -0.3 is 14.7 Å². The molecular weight excluding hydrogens is 502 g/mol. The Morgan fingerprint density at radius 2 is 2.14 bits per heavy atom. The molecule has 3 heterocycles. The zero-order valence-corrected chi connectivity index (χ0v) is 22.1. The standard InChI is InChI=1S/C27H32F2N2O3S2/c1-34-20-4-5-23-21(15-20)26(19(17-28)18-30-23)22(29)6-7-27(16-24(32)33)8-10-31(11-9-27)12-14-36-25-3-2-13-35-25/h2-5,13,15,18,22H,6-12,14,16-17H2,1H3,(H,32,33)/t22-/m0/s1. The van der Waals surface area contributed by atoms with Crippen molar-refractivity contribution in [3.63, 3.8) is 0 Å². The van der Waals surface area contributed by atoms with Crippen molar-refractivity contribution in [3.8, 4) is 5.75 Å². The molecule has 0 amide bonds. The second-order valence-corrected chi connectivity index (χ2v) is 11.8. The van der Waals surface area contributed by atoms with Gasteiger partial charge in [0.25, 0.3) is 0 Å². The summed E-state index contributed by atoms with van der Waals surface area (Å²) in [7, 11) is 1.53. The molecule has 1 N–H and O–H groups in total. The first-order chi connectivity index (χ1) is 17.4. The van der Waals surface area contributed by atoms with Gasteiger partial charge in [0.2, 0.25) is 0 Å². The highest BCUT2D eigenvalue weighted by atomic mass is 32.2. The number of thiophene rings is 1. The lowest BCUT2D eigenvalue weighted by Crippen LogP contribution is -2.42. The molecule has 1 aliphatic heterocycles. The minimum absolute atomic E-state index is 0.0262. The topological polar surface area (TPSA) is 62.7 Å². The van der Waals surface area contributed by atoms with Crippen molar-refractivity contribution in [3.05, 3.63) is 53.0 Å². The fraction of sp³-hybridized carbons (Fsp3) is 0.481. The van der Waals surface area contributed by atoms with Crippen LogP contribution in [0.25, 0.3) is 10.9 Å². The quantitative estimate of drug-likeness (QED) is 0.255. The van der Waals surface area contributed by atoms with E-state index in [2.05, 4.69) is 21.3 Å². The van der Waals surface area contributed by atoms with Gasteiger partial charge in [-0.05, 0) is 73.8 Å². The number of pyridine rings is 1. The maximum Gasteiger partial charge on any atom is 0.303 e. The van der Waals surface area contributed by atoms with E-state index in [1.54, 1.807) is 29.5 Å². The van der Waals surface area contributed by atoms with E-state index in [0.29, 0.717) is 28.6 Å². The number of nitrogens with zero attached hydrogens (tertiary/aromatic N) is 2. The summed E-state index contributed by atoms with van der Waals surface area (Å²) in [4.78, 5) is 18.4. The lowest BCUT2D eigenvalue weighted by molar-refractivity contribution is -0.141. The van der Waals surface area contributed by atoms with Crippen LogP contribution in [0.1, 0.15) is 49.4 Å². The monoisotopic (exact) mass is 534 g/mol. The Labute approximate surface area is 218 Å². The third-order valence-electron chi connectivity index (χ3n) is 7.17. The predicted molar refractivity (Wildman–Crippen MR) is 142 cm³/mol. The molecule has 194 valence electrons. The van der Waals surface area contributed by atoms with Gasteiger partial charge in [0.05, 0.1) is 23.3 Å². The molecule has 0 bridgehead atoms. The molecule has 0 radical (unpaired) electrons. The average Bonchev–Trinajstić information content (AvgIpc) is 3.40. The Bertz CT molecular complexity index is 1150. The number of alkyl halides is 2. The van der Waals surface area contributed by atoms with E-state index in [-0.39, 0.29) is 18.4 Å². The second kappa shape index (κ2) is 12.3. The summed E-state index contributed by atoms with van der Waals surface area (Å²) in [6, 6.07) is 9.35. The Hall–Kier alpha value is -2.23. The smallest absolute Gasteiger partial charge is 0.303 e. The Balaban J connectivity index is 1.43. The van der Waals surface area contributed by atoms with Gasteiger partial charge >= 0.3 is 5.97 Å². The Kier molecular flexibility index (Phi) is 9.19. The zero-order valence-electron chi connectivity index (χ0n) is 20.4. The number of methoxy groups -OCH3 is 1. The molecule has 1 saturated heterocycles. The minimum atomic E-state index is -1.42. The summed E-state index contributed by atoms with van der Waals surface area (Å²) < 4.78 is 36.2. The normalized spacial score (nSPS) is 16.8. The van der Waals surface area contributed by atoms with E-state index in [1.807, 2.05) is 17.8 Å². The number of likely N-dealkylation sites (tertiary alicyclic amines) is 1. The number of aromatic nitrogens is 1. The molecule has 0 unspecified atom stereocenters. The minimum Gasteiger partial charge on any atom is -0.497 e. The van der Waals surface area contributed by atoms with Crippen LogP contribution in [0.4, 0.5) is 8.78 Å². The molecule has 9 heteroatoms. The van der Waals surface area contributed by atoms with Gasteiger partial charge in [-0.15, -0.1) is 23.1 Å². The molecule has 1 aromatic carbocycles. The molecule has 0 spiro atoms. The number of benzene rings is 1. The number of carbonyl (C=O) groups is 1. The molecule has 0 aliphatic carbocycles. The SMILES string of the molecule is COc1ccc2ncc(CF)c([C@@H](F)CCC3(CC(=O)O)CCN(CCSc4cccs4)CC3)c2c1. The Morgan fingerprint density at radius 1 is 1.33 bits per heavy atom. The van der Waals surface area contributed by atoms with Crippen LogP contribution in [0.5, 0.6) is 5.75 Å². The average molecular weight is 535 g/mol. The van der Waals surface area contributed by atoms with E-state index in [9.17, 15) is 14.3 Å². The third kappa shape index (κ3) is 6.55. The number of ether oxygens (including phenoxy) is 1.